The Labute approximate surface area is 221 Å². The highest BCUT2D eigenvalue weighted by Crippen LogP contribution is 2.41. The number of urea groups is 1. The van der Waals surface area contributed by atoms with Gasteiger partial charge in [0.15, 0.2) is 0 Å². The van der Waals surface area contributed by atoms with Crippen LogP contribution in [-0.4, -0.2) is 54.0 Å². The highest BCUT2D eigenvalue weighted by molar-refractivity contribution is 6.18. The van der Waals surface area contributed by atoms with Crippen molar-refractivity contribution in [1.82, 2.24) is 15.2 Å². The Morgan fingerprint density at radius 2 is 1.84 bits per heavy atom. The van der Waals surface area contributed by atoms with Gasteiger partial charge in [-0.05, 0) is 62.7 Å². The van der Waals surface area contributed by atoms with Gasteiger partial charge in [-0.25, -0.2) is 14.0 Å². The van der Waals surface area contributed by atoms with Crippen LogP contribution < -0.4 is 10.2 Å². The van der Waals surface area contributed by atoms with Crippen LogP contribution in [0.2, 0.25) is 0 Å². The largest absolute Gasteiger partial charge is 0.462 e. The third-order valence-corrected chi connectivity index (χ3v) is 6.53. The molecule has 2 heterocycles. The SMILES string of the molecule is CCOC(=O)C1=CN(C(=O)c2ccc(F)cc2)CC(C)(C)c2c1[nH]c1cc(N(C)C(=O)NC(C)C)ccc21. The molecular formula is C29H33FN4O4. The molecule has 0 radical (unpaired) electrons. The number of amides is 3. The molecule has 0 spiro atoms. The summed E-state index contributed by atoms with van der Waals surface area (Å²) in [6.45, 7) is 9.95. The zero-order chi connectivity index (χ0) is 27.8. The number of aromatic nitrogens is 1. The normalized spacial score (nSPS) is 14.5. The molecule has 8 nitrogen and oxygen atoms in total. The van der Waals surface area contributed by atoms with E-state index in [1.165, 1.54) is 40.3 Å². The number of nitrogens with one attached hydrogen (secondary N) is 2. The van der Waals surface area contributed by atoms with E-state index in [0.717, 1.165) is 16.5 Å². The molecule has 1 aliphatic rings. The molecule has 0 aliphatic carbocycles. The van der Waals surface area contributed by atoms with E-state index in [2.05, 4.69) is 10.3 Å². The summed E-state index contributed by atoms with van der Waals surface area (Å²) in [5.74, 6) is -1.35. The summed E-state index contributed by atoms with van der Waals surface area (Å²) < 4.78 is 18.8. The predicted molar refractivity (Wildman–Crippen MR) is 145 cm³/mol. The van der Waals surface area contributed by atoms with E-state index in [9.17, 15) is 18.8 Å². The maximum absolute atomic E-state index is 13.5. The third kappa shape index (κ3) is 5.14. The molecule has 9 heteroatoms. The molecular weight excluding hydrogens is 487 g/mol. The fourth-order valence-electron chi connectivity index (χ4n) is 4.78. The minimum Gasteiger partial charge on any atom is -0.462 e. The molecule has 200 valence electrons. The summed E-state index contributed by atoms with van der Waals surface area (Å²) >= 11 is 0. The van der Waals surface area contributed by atoms with Crippen LogP contribution in [0.25, 0.3) is 16.5 Å². The van der Waals surface area contributed by atoms with E-state index in [-0.39, 0.29) is 36.7 Å². The van der Waals surface area contributed by atoms with Gasteiger partial charge >= 0.3 is 12.0 Å². The number of ether oxygens (including phenoxy) is 1. The Bertz CT molecular complexity index is 1420. The van der Waals surface area contributed by atoms with Gasteiger partial charge < -0.3 is 19.9 Å². The number of nitrogens with zero attached hydrogens (tertiary/aromatic N) is 2. The molecule has 3 aromatic rings. The Balaban J connectivity index is 1.84. The van der Waals surface area contributed by atoms with Gasteiger partial charge in [-0.1, -0.05) is 19.9 Å². The second kappa shape index (κ2) is 10.3. The lowest BCUT2D eigenvalue weighted by atomic mass is 9.81. The van der Waals surface area contributed by atoms with Gasteiger partial charge in [0.25, 0.3) is 5.91 Å². The molecule has 0 atom stereocenters. The van der Waals surface area contributed by atoms with Crippen LogP contribution in [0, 0.1) is 5.82 Å². The second-order valence-electron chi connectivity index (χ2n) is 10.4. The smallest absolute Gasteiger partial charge is 0.341 e. The minimum absolute atomic E-state index is 0.00568. The van der Waals surface area contributed by atoms with Crippen molar-refractivity contribution in [3.8, 4) is 0 Å². The van der Waals surface area contributed by atoms with E-state index in [0.29, 0.717) is 16.9 Å². The van der Waals surface area contributed by atoms with Crippen molar-refractivity contribution in [1.29, 1.82) is 0 Å². The van der Waals surface area contributed by atoms with Gasteiger partial charge in [0.2, 0.25) is 0 Å². The van der Waals surface area contributed by atoms with Crippen LogP contribution in [0.3, 0.4) is 0 Å². The van der Waals surface area contributed by atoms with Crippen LogP contribution in [0.15, 0.2) is 48.7 Å². The summed E-state index contributed by atoms with van der Waals surface area (Å²) in [4.78, 5) is 45.5. The van der Waals surface area contributed by atoms with Crippen molar-refractivity contribution in [2.45, 2.75) is 46.1 Å². The first-order valence-electron chi connectivity index (χ1n) is 12.6. The van der Waals surface area contributed by atoms with Crippen molar-refractivity contribution < 1.29 is 23.5 Å². The predicted octanol–water partition coefficient (Wildman–Crippen LogP) is 5.20. The monoisotopic (exact) mass is 520 g/mol. The van der Waals surface area contributed by atoms with Crippen LogP contribution in [0.1, 0.15) is 56.2 Å². The third-order valence-electron chi connectivity index (χ3n) is 6.53. The number of rotatable bonds is 5. The van der Waals surface area contributed by atoms with Gasteiger partial charge in [-0.2, -0.15) is 0 Å². The highest BCUT2D eigenvalue weighted by Gasteiger charge is 2.37. The van der Waals surface area contributed by atoms with Crippen molar-refractivity contribution in [3.63, 3.8) is 0 Å². The average molecular weight is 521 g/mol. The lowest BCUT2D eigenvalue weighted by molar-refractivity contribution is -0.136. The van der Waals surface area contributed by atoms with Gasteiger partial charge in [0.05, 0.1) is 17.9 Å². The number of esters is 1. The Morgan fingerprint density at radius 1 is 1.16 bits per heavy atom. The molecule has 0 fully saturated rings. The standard InChI is InChI=1S/C29H33FN4O4/c1-7-38-27(36)22-15-34(26(35)18-8-10-19(30)11-9-18)16-29(4,5)24-21-13-12-20(14-23(21)32-25(22)24)33(6)28(37)31-17(2)3/h8-15,17,32H,7,16H2,1-6H3,(H,31,37). The minimum atomic E-state index is -0.587. The molecule has 0 saturated carbocycles. The van der Waals surface area contributed by atoms with E-state index in [4.69, 9.17) is 4.74 Å². The number of aromatic amines is 1. The summed E-state index contributed by atoms with van der Waals surface area (Å²) in [5, 5.41) is 3.75. The number of halogens is 1. The summed E-state index contributed by atoms with van der Waals surface area (Å²) in [6.07, 6.45) is 1.51. The number of H-pyrrole nitrogens is 1. The lowest BCUT2D eigenvalue weighted by Gasteiger charge is -2.29. The molecule has 2 aromatic carbocycles. The molecule has 0 unspecified atom stereocenters. The van der Waals surface area contributed by atoms with Crippen LogP contribution in [0.5, 0.6) is 0 Å². The summed E-state index contributed by atoms with van der Waals surface area (Å²) in [5.41, 5.74) is 2.79. The Kier molecular flexibility index (Phi) is 7.31. The Morgan fingerprint density at radius 3 is 2.47 bits per heavy atom. The van der Waals surface area contributed by atoms with Crippen molar-refractivity contribution in [3.05, 3.63) is 71.3 Å². The number of hydrogen-bond donors (Lipinski definition) is 2. The molecule has 38 heavy (non-hydrogen) atoms. The number of fused-ring (bicyclic) bond motifs is 3. The van der Waals surface area contributed by atoms with Gasteiger partial charge in [-0.15, -0.1) is 0 Å². The van der Waals surface area contributed by atoms with Gasteiger partial charge in [0.1, 0.15) is 5.82 Å². The van der Waals surface area contributed by atoms with E-state index in [1.807, 2.05) is 45.9 Å². The zero-order valence-electron chi connectivity index (χ0n) is 22.5. The number of anilines is 1. The maximum Gasteiger partial charge on any atom is 0.341 e. The van der Waals surface area contributed by atoms with Crippen LogP contribution in [0.4, 0.5) is 14.9 Å². The van der Waals surface area contributed by atoms with Crippen molar-refractivity contribution in [2.75, 3.05) is 25.1 Å². The number of carbonyl (C=O) groups excluding carboxylic acids is 3. The van der Waals surface area contributed by atoms with Crippen molar-refractivity contribution in [2.24, 2.45) is 0 Å². The number of benzene rings is 2. The average Bonchev–Trinajstić information content (AvgIpc) is 3.19. The quantitative estimate of drug-likeness (QED) is 0.452. The molecule has 1 aliphatic heterocycles. The van der Waals surface area contributed by atoms with Crippen LogP contribution >= 0.6 is 0 Å². The fourth-order valence-corrected chi connectivity index (χ4v) is 4.78. The zero-order valence-corrected chi connectivity index (χ0v) is 22.5. The topological polar surface area (TPSA) is 94.7 Å². The van der Waals surface area contributed by atoms with E-state index in [1.54, 1.807) is 14.0 Å². The molecule has 0 bridgehead atoms. The highest BCUT2D eigenvalue weighted by atomic mass is 19.1. The first-order valence-corrected chi connectivity index (χ1v) is 12.6. The summed E-state index contributed by atoms with van der Waals surface area (Å²) in [6, 6.07) is 10.7. The van der Waals surface area contributed by atoms with E-state index < -0.39 is 17.2 Å². The molecule has 1 aromatic heterocycles. The number of carbonyl (C=O) groups is 3. The maximum atomic E-state index is 13.5. The first kappa shape index (κ1) is 26.9. The molecule has 0 saturated heterocycles. The second-order valence-corrected chi connectivity index (χ2v) is 10.4. The first-order chi connectivity index (χ1) is 17.9. The van der Waals surface area contributed by atoms with Crippen LogP contribution in [-0.2, 0) is 14.9 Å². The van der Waals surface area contributed by atoms with Crippen molar-refractivity contribution >= 4 is 40.1 Å². The fraction of sp³-hybridized carbons (Fsp3) is 0.345. The lowest BCUT2D eigenvalue weighted by Crippen LogP contribution is -2.40. The van der Waals surface area contributed by atoms with Gasteiger partial charge in [-0.3, -0.25) is 9.69 Å². The van der Waals surface area contributed by atoms with Gasteiger partial charge in [0, 0.05) is 53.4 Å². The number of hydrogen-bond acceptors (Lipinski definition) is 4. The molecule has 4 rings (SSSR count). The Hall–Kier alpha value is -4.14. The molecule has 2 N–H and O–H groups in total. The molecule has 3 amide bonds. The summed E-state index contributed by atoms with van der Waals surface area (Å²) in [7, 11) is 1.69. The van der Waals surface area contributed by atoms with E-state index >= 15 is 0 Å².